The van der Waals surface area contributed by atoms with Crippen molar-refractivity contribution in [3.63, 3.8) is 0 Å². The van der Waals surface area contributed by atoms with E-state index in [2.05, 4.69) is 4.74 Å². The largest absolute Gasteiger partial charge is 0.447 e. The lowest BCUT2D eigenvalue weighted by Crippen LogP contribution is -2.60. The van der Waals surface area contributed by atoms with Crippen molar-refractivity contribution in [3.8, 4) is 0 Å². The molecule has 13 heavy (non-hydrogen) atoms. The van der Waals surface area contributed by atoms with E-state index in [1.165, 1.54) is 4.90 Å². The first kappa shape index (κ1) is 8.74. The van der Waals surface area contributed by atoms with Gasteiger partial charge in [-0.1, -0.05) is 0 Å². The molecule has 0 aromatic heterocycles. The molecule has 0 aliphatic carbocycles. The summed E-state index contributed by atoms with van der Waals surface area (Å²) in [6, 6.07) is -0.522. The fourth-order valence-electron chi connectivity index (χ4n) is 1.72. The first-order chi connectivity index (χ1) is 6.11. The molecule has 2 aliphatic rings. The molecule has 2 rings (SSSR count). The van der Waals surface area contributed by atoms with E-state index < -0.39 is 30.4 Å². The van der Waals surface area contributed by atoms with Gasteiger partial charge in [-0.05, 0) is 0 Å². The van der Waals surface area contributed by atoms with E-state index in [4.69, 9.17) is 0 Å². The summed E-state index contributed by atoms with van der Waals surface area (Å²) < 4.78 is 4.67. The SMILES string of the molecule is O=C1OC[C@@H]2[C@H](O)[C@H](O)[C@@H](O)CN12. The van der Waals surface area contributed by atoms with Gasteiger partial charge >= 0.3 is 6.09 Å². The number of hydrogen-bond acceptors (Lipinski definition) is 5. The minimum atomic E-state index is -1.20. The van der Waals surface area contributed by atoms with E-state index in [0.29, 0.717) is 0 Å². The van der Waals surface area contributed by atoms with Crippen LogP contribution in [-0.4, -0.2) is 63.8 Å². The standard InChI is InChI=1S/C7H11NO5/c9-4-1-8-3(2-13-7(8)12)5(10)6(4)11/h3-6,9-11H,1-2H2/t3-,4+,5+,6-/m1/s1. The Morgan fingerprint density at radius 3 is 2.69 bits per heavy atom. The summed E-state index contributed by atoms with van der Waals surface area (Å²) in [5.41, 5.74) is 0. The molecule has 0 aromatic rings. The first-order valence-electron chi connectivity index (χ1n) is 4.09. The van der Waals surface area contributed by atoms with Crippen molar-refractivity contribution in [2.45, 2.75) is 24.4 Å². The normalized spacial score (nSPS) is 44.5. The fraction of sp³-hybridized carbons (Fsp3) is 0.857. The molecule has 0 spiro atoms. The summed E-state index contributed by atoms with van der Waals surface area (Å²) in [5.74, 6) is 0. The summed E-state index contributed by atoms with van der Waals surface area (Å²) in [6.07, 6.45) is -3.97. The number of hydrogen-bond donors (Lipinski definition) is 3. The van der Waals surface area contributed by atoms with E-state index in [0.717, 1.165) is 0 Å². The van der Waals surface area contributed by atoms with Crippen LogP contribution in [0, 0.1) is 0 Å². The van der Waals surface area contributed by atoms with E-state index in [9.17, 15) is 20.1 Å². The molecular weight excluding hydrogens is 178 g/mol. The van der Waals surface area contributed by atoms with Crippen molar-refractivity contribution in [1.29, 1.82) is 0 Å². The predicted octanol–water partition coefficient (Wildman–Crippen LogP) is -2.10. The molecule has 0 unspecified atom stereocenters. The summed E-state index contributed by atoms with van der Waals surface area (Å²) in [6.45, 7) is 0.0888. The van der Waals surface area contributed by atoms with Gasteiger partial charge in [0, 0.05) is 0 Å². The molecule has 2 aliphatic heterocycles. The Kier molecular flexibility index (Phi) is 1.90. The van der Waals surface area contributed by atoms with Crippen molar-refractivity contribution >= 4 is 6.09 Å². The third kappa shape index (κ3) is 1.18. The van der Waals surface area contributed by atoms with Gasteiger partial charge < -0.3 is 20.1 Å². The molecule has 2 fully saturated rings. The monoisotopic (exact) mass is 189 g/mol. The maximum absolute atomic E-state index is 11.0. The molecule has 0 saturated carbocycles. The minimum Gasteiger partial charge on any atom is -0.447 e. The lowest BCUT2D eigenvalue weighted by atomic mass is 9.95. The molecule has 3 N–H and O–H groups in total. The number of aliphatic hydroxyl groups excluding tert-OH is 3. The number of carbonyl (C=O) groups excluding carboxylic acids is 1. The third-order valence-electron chi connectivity index (χ3n) is 2.53. The van der Waals surface area contributed by atoms with Crippen LogP contribution in [-0.2, 0) is 4.74 Å². The highest BCUT2D eigenvalue weighted by molar-refractivity contribution is 5.70. The highest BCUT2D eigenvalue weighted by Crippen LogP contribution is 2.24. The molecular formula is C7H11NO5. The second kappa shape index (κ2) is 2.83. The highest BCUT2D eigenvalue weighted by atomic mass is 16.6. The average molecular weight is 189 g/mol. The smallest absolute Gasteiger partial charge is 0.410 e. The second-order valence-electron chi connectivity index (χ2n) is 3.35. The van der Waals surface area contributed by atoms with Gasteiger partial charge in [0.25, 0.3) is 0 Å². The molecule has 1 amide bonds. The molecule has 2 heterocycles. The summed E-state index contributed by atoms with van der Waals surface area (Å²) in [4.78, 5) is 12.2. The number of fused-ring (bicyclic) bond motifs is 1. The summed E-state index contributed by atoms with van der Waals surface area (Å²) in [5, 5.41) is 28.0. The number of cyclic esters (lactones) is 1. The van der Waals surface area contributed by atoms with Gasteiger partial charge in [-0.3, -0.25) is 4.90 Å². The van der Waals surface area contributed by atoms with Crippen LogP contribution in [0.1, 0.15) is 0 Å². The van der Waals surface area contributed by atoms with Crippen LogP contribution in [0.3, 0.4) is 0 Å². The van der Waals surface area contributed by atoms with Crippen molar-refractivity contribution in [3.05, 3.63) is 0 Å². The predicted molar refractivity (Wildman–Crippen MR) is 39.9 cm³/mol. The molecule has 0 radical (unpaired) electrons. The molecule has 2 saturated heterocycles. The zero-order chi connectivity index (χ0) is 9.59. The second-order valence-corrected chi connectivity index (χ2v) is 3.35. The topological polar surface area (TPSA) is 90.2 Å². The van der Waals surface area contributed by atoms with Crippen LogP contribution in [0.2, 0.25) is 0 Å². The molecule has 0 bridgehead atoms. The number of piperidine rings is 1. The van der Waals surface area contributed by atoms with Gasteiger partial charge in [0.2, 0.25) is 0 Å². The molecule has 6 heteroatoms. The van der Waals surface area contributed by atoms with Crippen molar-refractivity contribution < 1.29 is 24.9 Å². The maximum Gasteiger partial charge on any atom is 0.410 e. The van der Waals surface area contributed by atoms with E-state index in [1.54, 1.807) is 0 Å². The van der Waals surface area contributed by atoms with Crippen molar-refractivity contribution in [2.24, 2.45) is 0 Å². The minimum absolute atomic E-state index is 0.0156. The zero-order valence-corrected chi connectivity index (χ0v) is 6.83. The number of nitrogens with zero attached hydrogens (tertiary/aromatic N) is 1. The Morgan fingerprint density at radius 2 is 2.00 bits per heavy atom. The first-order valence-corrected chi connectivity index (χ1v) is 4.09. The van der Waals surface area contributed by atoms with Gasteiger partial charge in [0.05, 0.1) is 12.6 Å². The Labute approximate surface area is 74.3 Å². The quantitative estimate of drug-likeness (QED) is 0.406. The van der Waals surface area contributed by atoms with Crippen LogP contribution >= 0.6 is 0 Å². The van der Waals surface area contributed by atoms with Gasteiger partial charge in [-0.15, -0.1) is 0 Å². The summed E-state index contributed by atoms with van der Waals surface area (Å²) in [7, 11) is 0. The van der Waals surface area contributed by atoms with Crippen LogP contribution < -0.4 is 0 Å². The van der Waals surface area contributed by atoms with Gasteiger partial charge in [-0.2, -0.15) is 0 Å². The Hall–Kier alpha value is -0.850. The number of carbonyl (C=O) groups is 1. The Morgan fingerprint density at radius 1 is 1.31 bits per heavy atom. The van der Waals surface area contributed by atoms with Crippen LogP contribution in [0.5, 0.6) is 0 Å². The number of aliphatic hydroxyl groups is 3. The van der Waals surface area contributed by atoms with Crippen LogP contribution in [0.4, 0.5) is 4.79 Å². The van der Waals surface area contributed by atoms with Gasteiger partial charge in [0.1, 0.15) is 24.9 Å². The number of amides is 1. The van der Waals surface area contributed by atoms with Crippen LogP contribution in [0.25, 0.3) is 0 Å². The lowest BCUT2D eigenvalue weighted by Gasteiger charge is -2.37. The van der Waals surface area contributed by atoms with E-state index in [1.807, 2.05) is 0 Å². The molecule has 6 nitrogen and oxygen atoms in total. The molecule has 4 atom stereocenters. The molecule has 0 aromatic carbocycles. The fourth-order valence-corrected chi connectivity index (χ4v) is 1.72. The van der Waals surface area contributed by atoms with Crippen molar-refractivity contribution in [1.82, 2.24) is 4.90 Å². The Balaban J connectivity index is 2.18. The van der Waals surface area contributed by atoms with Crippen LogP contribution in [0.15, 0.2) is 0 Å². The zero-order valence-electron chi connectivity index (χ0n) is 6.83. The van der Waals surface area contributed by atoms with Gasteiger partial charge in [0.15, 0.2) is 0 Å². The van der Waals surface area contributed by atoms with E-state index in [-0.39, 0.29) is 13.2 Å². The van der Waals surface area contributed by atoms with Crippen molar-refractivity contribution in [2.75, 3.05) is 13.2 Å². The third-order valence-corrected chi connectivity index (χ3v) is 2.53. The molecule has 74 valence electrons. The summed E-state index contributed by atoms with van der Waals surface area (Å²) >= 11 is 0. The highest BCUT2D eigenvalue weighted by Gasteiger charge is 2.47. The van der Waals surface area contributed by atoms with E-state index >= 15 is 0 Å². The number of ether oxygens (including phenoxy) is 1. The van der Waals surface area contributed by atoms with Gasteiger partial charge in [-0.25, -0.2) is 4.79 Å². The lowest BCUT2D eigenvalue weighted by molar-refractivity contribution is -0.117. The average Bonchev–Trinajstić information content (AvgIpc) is 2.45. The Bertz CT molecular complexity index is 233. The maximum atomic E-state index is 11.0. The number of rotatable bonds is 0.